The fourth-order valence-corrected chi connectivity index (χ4v) is 6.10. The van der Waals surface area contributed by atoms with Gasteiger partial charge in [-0.25, -0.2) is 5.43 Å². The fourth-order valence-electron chi connectivity index (χ4n) is 5.88. The predicted octanol–water partition coefficient (Wildman–Crippen LogP) is 5.91. The highest BCUT2D eigenvalue weighted by atomic mass is 35.5. The molecular weight excluding hydrogens is 767 g/mol. The van der Waals surface area contributed by atoms with Gasteiger partial charge in [0.15, 0.2) is 5.76 Å². The third kappa shape index (κ3) is 12.7. The van der Waals surface area contributed by atoms with Gasteiger partial charge in [0.2, 0.25) is 5.91 Å². The van der Waals surface area contributed by atoms with Gasteiger partial charge < -0.3 is 41.4 Å². The van der Waals surface area contributed by atoms with Crippen LogP contribution in [0.15, 0.2) is 64.2 Å². The highest BCUT2D eigenvalue weighted by Crippen LogP contribution is 2.34. The molecule has 7 N–H and O–H groups in total. The van der Waals surface area contributed by atoms with Gasteiger partial charge in [-0.3, -0.25) is 24.4 Å². The normalized spacial score (nSPS) is 15.1. The summed E-state index contributed by atoms with van der Waals surface area (Å²) in [6.45, 7) is 15.7. The maximum Gasteiger partial charge on any atom is 0.416 e. The zero-order chi connectivity index (χ0) is 43.0. The lowest BCUT2D eigenvalue weighted by atomic mass is 9.99. The summed E-state index contributed by atoms with van der Waals surface area (Å²) >= 11 is 6.11. The van der Waals surface area contributed by atoms with Crippen molar-refractivity contribution >= 4 is 47.4 Å². The molecule has 0 aromatic heterocycles. The van der Waals surface area contributed by atoms with Crippen molar-refractivity contribution in [3.05, 3.63) is 86.5 Å². The van der Waals surface area contributed by atoms with Crippen LogP contribution in [0.2, 0.25) is 5.02 Å². The van der Waals surface area contributed by atoms with Gasteiger partial charge in [0.05, 0.1) is 35.2 Å². The van der Waals surface area contributed by atoms with Crippen molar-refractivity contribution in [1.29, 1.82) is 5.41 Å². The van der Waals surface area contributed by atoms with Crippen molar-refractivity contribution in [1.82, 2.24) is 25.6 Å². The standard InChI is InChI=1S/C35H43ClF3N9O5.2C2H6/c1-5-26(42-3)30(46-11-13-47(14-12-46)33(51)29(41)31(50)20(2)40)34(52)48(18-28(49)44-27-9-8-24(17-25(27)36)35(37,38)39)45-32(43-4)22-6-7-23-19-53-15-10-21(23)16-22;2*1-2/h6-9,16-17,32,40,42,45,50H,4-5,10-15,18-19,41H2,1-3H3,(H,44,49);2*1-2H3/b30-26+,31-29+,40-20?;;. The number of nitrogens with zero attached hydrogens (tertiary/aromatic N) is 4. The Labute approximate surface area is 337 Å². The minimum Gasteiger partial charge on any atom is -0.504 e. The van der Waals surface area contributed by atoms with E-state index in [0.29, 0.717) is 43.4 Å². The number of anilines is 1. The SMILES string of the molecule is C=NC(NN(CC(=O)Nc1ccc(C(F)(F)F)cc1Cl)C(=O)/C(=C(/CC)NC)N1CCN(C(=O)/C(N)=C(\O)C(C)=N)CC1)c1ccc2c(c1)CCOC2.CC.CC. The van der Waals surface area contributed by atoms with Crippen LogP contribution in [0.5, 0.6) is 0 Å². The third-order valence-corrected chi connectivity index (χ3v) is 9.08. The zero-order valence-electron chi connectivity index (χ0n) is 33.6. The van der Waals surface area contributed by atoms with Crippen LogP contribution in [-0.4, -0.2) is 96.4 Å². The molecule has 0 bridgehead atoms. The number of halogens is 4. The molecule has 314 valence electrons. The first kappa shape index (κ1) is 48.0. The number of rotatable bonds is 13. The van der Waals surface area contributed by atoms with Gasteiger partial charge in [0.1, 0.15) is 24.1 Å². The molecule has 2 aromatic carbocycles. The molecule has 4 rings (SSSR count). The largest absolute Gasteiger partial charge is 0.504 e. The number of hydrazine groups is 1. The second-order valence-corrected chi connectivity index (χ2v) is 12.7. The van der Waals surface area contributed by atoms with E-state index in [4.69, 9.17) is 27.5 Å². The van der Waals surface area contributed by atoms with Crippen molar-refractivity contribution in [2.45, 2.75) is 73.3 Å². The molecule has 57 heavy (non-hydrogen) atoms. The van der Waals surface area contributed by atoms with Crippen LogP contribution in [0.3, 0.4) is 0 Å². The lowest BCUT2D eigenvalue weighted by Gasteiger charge is -2.39. The Kier molecular flexibility index (Phi) is 19.0. The molecule has 14 nitrogen and oxygen atoms in total. The highest BCUT2D eigenvalue weighted by molar-refractivity contribution is 6.33. The van der Waals surface area contributed by atoms with Crippen LogP contribution in [0.25, 0.3) is 0 Å². The smallest absolute Gasteiger partial charge is 0.416 e. The molecule has 2 aliphatic heterocycles. The Morgan fingerprint density at radius 1 is 1.07 bits per heavy atom. The van der Waals surface area contributed by atoms with Crippen LogP contribution < -0.4 is 21.8 Å². The number of piperazine rings is 1. The summed E-state index contributed by atoms with van der Waals surface area (Å²) in [4.78, 5) is 48.5. The van der Waals surface area contributed by atoms with E-state index < -0.39 is 53.6 Å². The van der Waals surface area contributed by atoms with Gasteiger partial charge in [-0.15, -0.1) is 0 Å². The van der Waals surface area contributed by atoms with Gasteiger partial charge in [0, 0.05) is 38.9 Å². The molecule has 0 aliphatic carbocycles. The summed E-state index contributed by atoms with van der Waals surface area (Å²) < 4.78 is 45.3. The molecule has 1 unspecified atom stereocenters. The number of fused-ring (bicyclic) bond motifs is 1. The van der Waals surface area contributed by atoms with Crippen molar-refractivity contribution in [2.24, 2.45) is 10.7 Å². The molecule has 0 saturated carbocycles. The number of benzene rings is 2. The number of alkyl halides is 3. The average molecular weight is 822 g/mol. The van der Waals surface area contributed by atoms with E-state index in [2.05, 4.69) is 27.8 Å². The molecule has 0 radical (unpaired) electrons. The quantitative estimate of drug-likeness (QED) is 0.0618. The average Bonchev–Trinajstić information content (AvgIpc) is 3.22. The molecule has 2 aromatic rings. The van der Waals surface area contributed by atoms with E-state index in [-0.39, 0.29) is 48.3 Å². The number of hydrogen-bond acceptors (Lipinski definition) is 11. The second kappa shape index (κ2) is 22.6. The van der Waals surface area contributed by atoms with Crippen molar-refractivity contribution in [3.63, 3.8) is 0 Å². The molecule has 1 fully saturated rings. The van der Waals surface area contributed by atoms with E-state index in [1.165, 1.54) is 11.8 Å². The van der Waals surface area contributed by atoms with Crippen LogP contribution in [-0.2, 0) is 38.3 Å². The lowest BCUT2D eigenvalue weighted by Crippen LogP contribution is -2.55. The first-order valence-electron chi connectivity index (χ1n) is 18.7. The van der Waals surface area contributed by atoms with Gasteiger partial charge in [-0.1, -0.05) is 64.4 Å². The van der Waals surface area contributed by atoms with E-state index in [1.807, 2.05) is 46.8 Å². The van der Waals surface area contributed by atoms with Crippen molar-refractivity contribution in [2.75, 3.05) is 51.7 Å². The molecule has 2 heterocycles. The number of aliphatic hydroxyl groups is 1. The van der Waals surface area contributed by atoms with Gasteiger partial charge in [-0.05, 0) is 61.4 Å². The number of nitrogens with two attached hydrogens (primary N) is 1. The first-order chi connectivity index (χ1) is 27.1. The predicted molar refractivity (Wildman–Crippen MR) is 216 cm³/mol. The molecule has 1 atom stereocenters. The molecular formula is C39H55ClF3N9O5. The maximum atomic E-state index is 14.7. The molecule has 18 heteroatoms. The van der Waals surface area contributed by atoms with Crippen LogP contribution in [0, 0.1) is 5.41 Å². The number of allylic oxidation sites excluding steroid dienone is 2. The Hall–Kier alpha value is -5.13. The molecule has 2 aliphatic rings. The summed E-state index contributed by atoms with van der Waals surface area (Å²) in [7, 11) is 1.64. The fraction of sp³-hybridized carbons (Fsp3) is 0.462. The summed E-state index contributed by atoms with van der Waals surface area (Å²) in [5.41, 5.74) is 10.4. The maximum absolute atomic E-state index is 14.7. The molecule has 3 amide bonds. The number of amides is 3. The minimum atomic E-state index is -4.65. The van der Waals surface area contributed by atoms with Gasteiger partial charge >= 0.3 is 6.18 Å². The number of aliphatic imine (C=N–C) groups is 1. The Bertz CT molecular complexity index is 1810. The van der Waals surface area contributed by atoms with Crippen molar-refractivity contribution < 1.29 is 37.4 Å². The number of carbonyl (C=O) groups is 3. The van der Waals surface area contributed by atoms with Gasteiger partial charge in [0.25, 0.3) is 11.8 Å². The second-order valence-electron chi connectivity index (χ2n) is 12.3. The van der Waals surface area contributed by atoms with Crippen LogP contribution in [0.1, 0.15) is 76.4 Å². The Balaban J connectivity index is 0.00000271. The van der Waals surface area contributed by atoms with E-state index in [0.717, 1.165) is 28.3 Å². The number of nitrogens with one attached hydrogen (secondary N) is 4. The summed E-state index contributed by atoms with van der Waals surface area (Å²) in [5.74, 6) is -2.71. The Morgan fingerprint density at radius 2 is 1.70 bits per heavy atom. The van der Waals surface area contributed by atoms with E-state index in [9.17, 15) is 32.7 Å². The monoisotopic (exact) mass is 821 g/mol. The van der Waals surface area contributed by atoms with Crippen molar-refractivity contribution in [3.8, 4) is 0 Å². The summed E-state index contributed by atoms with van der Waals surface area (Å²) in [6.07, 6.45) is -4.52. The summed E-state index contributed by atoms with van der Waals surface area (Å²) in [6, 6.07) is 8.12. The Morgan fingerprint density at radius 3 is 2.25 bits per heavy atom. The zero-order valence-corrected chi connectivity index (χ0v) is 34.3. The minimum absolute atomic E-state index is 0.0917. The number of hydrogen-bond donors (Lipinski definition) is 6. The lowest BCUT2D eigenvalue weighted by molar-refractivity contribution is -0.138. The van der Waals surface area contributed by atoms with E-state index in [1.54, 1.807) is 18.0 Å². The number of aliphatic hydroxyl groups excluding tert-OH is 1. The molecule has 1 saturated heterocycles. The third-order valence-electron chi connectivity index (χ3n) is 8.77. The highest BCUT2D eigenvalue weighted by Gasteiger charge is 2.34. The number of carbonyl (C=O) groups excluding carboxylic acids is 3. The van der Waals surface area contributed by atoms with Crippen LogP contribution >= 0.6 is 11.6 Å². The summed E-state index contributed by atoms with van der Waals surface area (Å²) in [5, 5.41) is 23.9. The first-order valence-corrected chi connectivity index (χ1v) is 19.1. The topological polar surface area (TPSA) is 189 Å². The number of ether oxygens (including phenoxy) is 1. The van der Waals surface area contributed by atoms with Crippen LogP contribution in [0.4, 0.5) is 18.9 Å². The molecule has 0 spiro atoms. The van der Waals surface area contributed by atoms with E-state index >= 15 is 0 Å². The van der Waals surface area contributed by atoms with Gasteiger partial charge in [-0.2, -0.15) is 13.2 Å².